The molecule has 0 bridgehead atoms. The Bertz CT molecular complexity index is 519. The van der Waals surface area contributed by atoms with Gasteiger partial charge in [0, 0.05) is 10.5 Å². The minimum atomic E-state index is -0.321. The van der Waals surface area contributed by atoms with Crippen LogP contribution in [0, 0.1) is 5.82 Å². The molecule has 4 nitrogen and oxygen atoms in total. The van der Waals surface area contributed by atoms with Gasteiger partial charge in [0.15, 0.2) is 0 Å². The van der Waals surface area contributed by atoms with Gasteiger partial charge in [0.25, 0.3) is 0 Å². The molecule has 0 N–H and O–H groups in total. The number of halogens is 1. The summed E-state index contributed by atoms with van der Waals surface area (Å²) in [6.07, 6.45) is 4.91. The van der Waals surface area contributed by atoms with E-state index in [1.54, 1.807) is 6.07 Å². The molecule has 0 radical (unpaired) electrons. The van der Waals surface area contributed by atoms with E-state index in [9.17, 15) is 4.39 Å². The van der Waals surface area contributed by atoms with Crippen molar-refractivity contribution in [2.45, 2.75) is 43.7 Å². The summed E-state index contributed by atoms with van der Waals surface area (Å²) in [6.45, 7) is 0. The standard InChI is InChI=1S/C13H14FN3O/c14-9-3-4-12-10(7-9)11(16-17-15)8-13(18-12)5-1-2-6-13/h3-4,7,11H,1-2,5-6,8H2/t11-/m1/s1. The second-order valence-corrected chi connectivity index (χ2v) is 5.10. The molecule has 1 spiro atoms. The van der Waals surface area contributed by atoms with Crippen LogP contribution >= 0.6 is 0 Å². The minimum absolute atomic E-state index is 0.205. The number of ether oxygens (including phenoxy) is 1. The van der Waals surface area contributed by atoms with E-state index < -0.39 is 0 Å². The Hall–Kier alpha value is -1.74. The van der Waals surface area contributed by atoms with E-state index in [1.165, 1.54) is 12.1 Å². The Morgan fingerprint density at radius 1 is 1.39 bits per heavy atom. The maximum atomic E-state index is 13.3. The molecule has 2 aliphatic rings. The molecule has 0 unspecified atom stereocenters. The average molecular weight is 247 g/mol. The lowest BCUT2D eigenvalue weighted by Crippen LogP contribution is -2.37. The summed E-state index contributed by atoms with van der Waals surface area (Å²) >= 11 is 0. The number of nitrogens with zero attached hydrogens (tertiary/aromatic N) is 3. The normalized spacial score (nSPS) is 24.2. The van der Waals surface area contributed by atoms with Crippen LogP contribution in [0.25, 0.3) is 10.4 Å². The smallest absolute Gasteiger partial charge is 0.123 e. The predicted molar refractivity (Wildman–Crippen MR) is 64.7 cm³/mol. The third-order valence-corrected chi connectivity index (χ3v) is 3.93. The average Bonchev–Trinajstić information content (AvgIpc) is 2.79. The lowest BCUT2D eigenvalue weighted by molar-refractivity contribution is 0.0425. The van der Waals surface area contributed by atoms with Gasteiger partial charge in [0.05, 0.1) is 6.04 Å². The van der Waals surface area contributed by atoms with Gasteiger partial charge < -0.3 is 4.74 Å². The number of hydrogen-bond donors (Lipinski definition) is 0. The molecular weight excluding hydrogens is 233 g/mol. The molecule has 0 amide bonds. The number of rotatable bonds is 1. The Labute approximate surface area is 104 Å². The molecule has 94 valence electrons. The first-order valence-corrected chi connectivity index (χ1v) is 6.25. The largest absolute Gasteiger partial charge is 0.487 e. The molecule has 1 saturated carbocycles. The van der Waals surface area contributed by atoms with Crippen molar-refractivity contribution in [3.8, 4) is 5.75 Å². The van der Waals surface area contributed by atoms with Crippen molar-refractivity contribution in [3.63, 3.8) is 0 Å². The van der Waals surface area contributed by atoms with Crippen molar-refractivity contribution in [3.05, 3.63) is 40.0 Å². The molecule has 3 rings (SSSR count). The Morgan fingerprint density at radius 2 is 2.17 bits per heavy atom. The lowest BCUT2D eigenvalue weighted by atomic mass is 9.86. The van der Waals surface area contributed by atoms with E-state index >= 15 is 0 Å². The van der Waals surface area contributed by atoms with Crippen molar-refractivity contribution in [2.24, 2.45) is 5.11 Å². The van der Waals surface area contributed by atoms with Crippen molar-refractivity contribution < 1.29 is 9.13 Å². The summed E-state index contributed by atoms with van der Waals surface area (Å²) < 4.78 is 19.3. The van der Waals surface area contributed by atoms with Crippen LogP contribution in [-0.4, -0.2) is 5.60 Å². The summed E-state index contributed by atoms with van der Waals surface area (Å²) in [5.41, 5.74) is 9.14. The van der Waals surface area contributed by atoms with E-state index in [1.807, 2.05) is 0 Å². The molecule has 18 heavy (non-hydrogen) atoms. The van der Waals surface area contributed by atoms with Crippen molar-refractivity contribution in [2.75, 3.05) is 0 Å². The van der Waals surface area contributed by atoms with E-state index in [-0.39, 0.29) is 17.5 Å². The van der Waals surface area contributed by atoms with E-state index in [0.717, 1.165) is 25.7 Å². The summed E-state index contributed by atoms with van der Waals surface area (Å²) in [6, 6.07) is 4.13. The molecule has 1 aromatic carbocycles. The van der Waals surface area contributed by atoms with Gasteiger partial charge in [-0.15, -0.1) is 0 Å². The van der Waals surface area contributed by atoms with E-state index in [0.29, 0.717) is 17.7 Å². The van der Waals surface area contributed by atoms with Crippen LogP contribution in [0.2, 0.25) is 0 Å². The highest BCUT2D eigenvalue weighted by molar-refractivity contribution is 5.39. The second kappa shape index (κ2) is 4.18. The highest BCUT2D eigenvalue weighted by Crippen LogP contribution is 2.48. The van der Waals surface area contributed by atoms with Crippen molar-refractivity contribution in [1.29, 1.82) is 0 Å². The van der Waals surface area contributed by atoms with Gasteiger partial charge in [-0.1, -0.05) is 5.11 Å². The second-order valence-electron chi connectivity index (χ2n) is 5.10. The molecule has 0 saturated heterocycles. The highest BCUT2D eigenvalue weighted by atomic mass is 19.1. The number of benzene rings is 1. The fraction of sp³-hybridized carbons (Fsp3) is 0.538. The minimum Gasteiger partial charge on any atom is -0.487 e. The fourth-order valence-electron chi connectivity index (χ4n) is 3.10. The summed E-state index contributed by atoms with van der Waals surface area (Å²) in [7, 11) is 0. The Balaban J connectivity index is 2.04. The molecular formula is C13H14FN3O. The topological polar surface area (TPSA) is 58.0 Å². The quantitative estimate of drug-likeness (QED) is 0.415. The molecule has 1 fully saturated rings. The van der Waals surface area contributed by atoms with Gasteiger partial charge >= 0.3 is 0 Å². The zero-order valence-corrected chi connectivity index (χ0v) is 9.97. The maximum absolute atomic E-state index is 13.3. The summed E-state index contributed by atoms with van der Waals surface area (Å²) in [5, 5.41) is 3.82. The molecule has 1 aliphatic heterocycles. The number of fused-ring (bicyclic) bond motifs is 1. The van der Waals surface area contributed by atoms with Crippen LogP contribution in [0.5, 0.6) is 5.75 Å². The highest BCUT2D eigenvalue weighted by Gasteiger charge is 2.42. The van der Waals surface area contributed by atoms with Gasteiger partial charge in [0.2, 0.25) is 0 Å². The number of azide groups is 1. The van der Waals surface area contributed by atoms with Crippen LogP contribution in [0.4, 0.5) is 4.39 Å². The van der Waals surface area contributed by atoms with E-state index in [4.69, 9.17) is 10.3 Å². The Kier molecular flexibility index (Phi) is 2.63. The molecule has 1 aliphatic carbocycles. The van der Waals surface area contributed by atoms with Crippen molar-refractivity contribution >= 4 is 0 Å². The zero-order valence-electron chi connectivity index (χ0n) is 9.97. The van der Waals surface area contributed by atoms with Gasteiger partial charge in [-0.3, -0.25) is 0 Å². The predicted octanol–water partition coefficient (Wildman–Crippen LogP) is 4.27. The molecule has 1 aromatic rings. The first-order valence-electron chi connectivity index (χ1n) is 6.25. The van der Waals surface area contributed by atoms with Gasteiger partial charge in [-0.25, -0.2) is 4.39 Å². The SMILES string of the molecule is [N-]=[N+]=N[C@@H]1CC2(CCCC2)Oc2ccc(F)cc21. The zero-order chi connectivity index (χ0) is 12.6. The third kappa shape index (κ3) is 1.81. The lowest BCUT2D eigenvalue weighted by Gasteiger charge is -2.38. The monoisotopic (exact) mass is 247 g/mol. The van der Waals surface area contributed by atoms with Crippen LogP contribution in [0.1, 0.15) is 43.7 Å². The van der Waals surface area contributed by atoms with Crippen LogP contribution in [-0.2, 0) is 0 Å². The fourth-order valence-corrected chi connectivity index (χ4v) is 3.10. The van der Waals surface area contributed by atoms with Crippen LogP contribution in [0.15, 0.2) is 23.3 Å². The summed E-state index contributed by atoms with van der Waals surface area (Å²) in [5.74, 6) is 0.347. The van der Waals surface area contributed by atoms with Crippen LogP contribution < -0.4 is 4.74 Å². The molecule has 0 aromatic heterocycles. The maximum Gasteiger partial charge on any atom is 0.123 e. The summed E-state index contributed by atoms with van der Waals surface area (Å²) in [4.78, 5) is 2.89. The Morgan fingerprint density at radius 3 is 2.89 bits per heavy atom. The van der Waals surface area contributed by atoms with Gasteiger partial charge in [0.1, 0.15) is 17.2 Å². The van der Waals surface area contributed by atoms with Gasteiger partial charge in [-0.2, -0.15) is 0 Å². The third-order valence-electron chi connectivity index (χ3n) is 3.93. The van der Waals surface area contributed by atoms with E-state index in [2.05, 4.69) is 10.0 Å². The molecule has 5 heteroatoms. The van der Waals surface area contributed by atoms with Gasteiger partial charge in [-0.05, 0) is 55.8 Å². The molecule has 1 atom stereocenters. The molecule has 1 heterocycles. The number of hydrogen-bond acceptors (Lipinski definition) is 2. The first-order chi connectivity index (χ1) is 8.72. The first kappa shape index (κ1) is 11.4. The van der Waals surface area contributed by atoms with Crippen molar-refractivity contribution in [1.82, 2.24) is 0 Å². The van der Waals surface area contributed by atoms with Crippen LogP contribution in [0.3, 0.4) is 0 Å².